The summed E-state index contributed by atoms with van der Waals surface area (Å²) in [5, 5.41) is 2.62. The lowest BCUT2D eigenvalue weighted by atomic mass is 10.1. The lowest BCUT2D eigenvalue weighted by molar-refractivity contribution is -0.136. The number of sulfonamides is 1. The number of carbonyl (C=O) groups excluding carboxylic acids is 2. The predicted octanol–water partition coefficient (Wildman–Crippen LogP) is 2.90. The number of aryl methyl sites for hydroxylation is 1. The van der Waals surface area contributed by atoms with E-state index in [1.165, 1.54) is 42.7 Å². The van der Waals surface area contributed by atoms with Crippen molar-refractivity contribution >= 4 is 39.2 Å². The number of hydrogen-bond acceptors (Lipinski definition) is 7. The van der Waals surface area contributed by atoms with Gasteiger partial charge in [0.05, 0.1) is 4.90 Å². The molecule has 0 spiro atoms. The molecule has 0 aliphatic rings. The van der Waals surface area contributed by atoms with E-state index in [1.54, 1.807) is 24.4 Å². The van der Waals surface area contributed by atoms with Crippen LogP contribution in [0.1, 0.15) is 27.3 Å². The first-order valence-electron chi connectivity index (χ1n) is 9.23. The number of Topliss-reactive ketones (excluding diaryl/α,β-unsaturated/α-hetero) is 1. The lowest BCUT2D eigenvalue weighted by Gasteiger charge is -2.05. The van der Waals surface area contributed by atoms with Crippen LogP contribution in [0, 0.1) is 13.8 Å². The quantitative estimate of drug-likeness (QED) is 0.315. The fourth-order valence-corrected chi connectivity index (χ4v) is 4.45. The summed E-state index contributed by atoms with van der Waals surface area (Å²) in [6.45, 7) is 3.32. The minimum Gasteiger partial charge on any atom is -0.454 e. The van der Waals surface area contributed by atoms with E-state index >= 15 is 0 Å². The Labute approximate surface area is 184 Å². The van der Waals surface area contributed by atoms with Gasteiger partial charge in [0.25, 0.3) is 0 Å². The summed E-state index contributed by atoms with van der Waals surface area (Å²) in [7, 11) is -2.19. The molecule has 0 aliphatic carbocycles. The summed E-state index contributed by atoms with van der Waals surface area (Å²) in [6, 6.07) is 7.74. The van der Waals surface area contributed by atoms with Gasteiger partial charge in [0.15, 0.2) is 11.7 Å². The molecule has 1 N–H and O–H groups in total. The third kappa shape index (κ3) is 5.16. The zero-order valence-corrected chi connectivity index (χ0v) is 18.8. The molecular weight excluding hydrogens is 438 g/mol. The number of thiazole rings is 1. The first-order valence-corrected chi connectivity index (χ1v) is 11.6. The third-order valence-electron chi connectivity index (χ3n) is 4.56. The van der Waals surface area contributed by atoms with Gasteiger partial charge in [0, 0.05) is 34.6 Å². The summed E-state index contributed by atoms with van der Waals surface area (Å²) >= 11 is 1.46. The van der Waals surface area contributed by atoms with Crippen LogP contribution in [-0.4, -0.2) is 43.4 Å². The van der Waals surface area contributed by atoms with Gasteiger partial charge in [-0.05, 0) is 50.7 Å². The summed E-state index contributed by atoms with van der Waals surface area (Å²) in [5.41, 5.74) is 2.70. The van der Waals surface area contributed by atoms with Gasteiger partial charge in [-0.3, -0.25) is 9.36 Å². The molecule has 2 aromatic heterocycles. The average molecular weight is 460 g/mol. The predicted molar refractivity (Wildman–Crippen MR) is 118 cm³/mol. The molecule has 0 aliphatic heterocycles. The Morgan fingerprint density at radius 2 is 1.94 bits per heavy atom. The second-order valence-corrected chi connectivity index (χ2v) is 9.34. The number of aromatic nitrogens is 2. The highest BCUT2D eigenvalue weighted by Gasteiger charge is 2.18. The Morgan fingerprint density at radius 3 is 2.55 bits per heavy atom. The topological polar surface area (TPSA) is 107 Å². The smallest absolute Gasteiger partial charge is 0.331 e. The Bertz CT molecular complexity index is 1220. The molecule has 31 heavy (non-hydrogen) atoms. The van der Waals surface area contributed by atoms with E-state index in [9.17, 15) is 18.0 Å². The molecule has 0 saturated carbocycles. The molecule has 0 fully saturated rings. The van der Waals surface area contributed by atoms with Crippen molar-refractivity contribution in [3.05, 3.63) is 70.5 Å². The van der Waals surface area contributed by atoms with Gasteiger partial charge < -0.3 is 4.74 Å². The highest BCUT2D eigenvalue weighted by Crippen LogP contribution is 2.22. The van der Waals surface area contributed by atoms with E-state index in [2.05, 4.69) is 9.71 Å². The molecule has 8 nitrogen and oxygen atoms in total. The summed E-state index contributed by atoms with van der Waals surface area (Å²) < 4.78 is 32.6. The minimum atomic E-state index is -3.52. The summed E-state index contributed by atoms with van der Waals surface area (Å²) in [6.07, 6.45) is 4.37. The van der Waals surface area contributed by atoms with E-state index in [1.807, 2.05) is 23.8 Å². The zero-order valence-electron chi connectivity index (χ0n) is 17.2. The van der Waals surface area contributed by atoms with Crippen LogP contribution < -0.4 is 4.72 Å². The Kier molecular flexibility index (Phi) is 6.84. The molecule has 0 atom stereocenters. The number of hydrogen-bond donors (Lipinski definition) is 1. The largest absolute Gasteiger partial charge is 0.454 e. The van der Waals surface area contributed by atoms with Gasteiger partial charge in [-0.1, -0.05) is 12.1 Å². The first-order chi connectivity index (χ1) is 14.7. The highest BCUT2D eigenvalue weighted by atomic mass is 32.2. The van der Waals surface area contributed by atoms with Crippen molar-refractivity contribution in [1.29, 1.82) is 0 Å². The monoisotopic (exact) mass is 459 g/mol. The number of nitrogens with one attached hydrogen (secondary N) is 1. The second-order valence-electron chi connectivity index (χ2n) is 6.58. The van der Waals surface area contributed by atoms with E-state index in [0.717, 1.165) is 16.5 Å². The molecule has 1 aromatic carbocycles. The molecule has 162 valence electrons. The van der Waals surface area contributed by atoms with Gasteiger partial charge in [0.2, 0.25) is 15.8 Å². The SMILES string of the molecule is CNS(=O)(=O)c1ccc(/C=C/C(=O)OCC(=O)c2cc(C)n(-c3nccs3)c2C)cc1. The fraction of sp³-hybridized carbons (Fsp3) is 0.190. The molecule has 0 unspecified atom stereocenters. The van der Waals surface area contributed by atoms with E-state index in [-0.39, 0.29) is 17.3 Å². The number of ether oxygens (including phenoxy) is 1. The van der Waals surface area contributed by atoms with Crippen LogP contribution in [0.25, 0.3) is 11.2 Å². The molecule has 0 saturated heterocycles. The Morgan fingerprint density at radius 1 is 1.23 bits per heavy atom. The van der Waals surface area contributed by atoms with Gasteiger partial charge >= 0.3 is 5.97 Å². The first kappa shape index (κ1) is 22.6. The number of esters is 1. The summed E-state index contributed by atoms with van der Waals surface area (Å²) in [4.78, 5) is 28.9. The van der Waals surface area contributed by atoms with Crippen molar-refractivity contribution in [3.63, 3.8) is 0 Å². The maximum Gasteiger partial charge on any atom is 0.331 e. The average Bonchev–Trinajstić information content (AvgIpc) is 3.38. The van der Waals surface area contributed by atoms with Crippen LogP contribution >= 0.6 is 11.3 Å². The molecule has 10 heteroatoms. The van der Waals surface area contributed by atoms with Crippen molar-refractivity contribution in [3.8, 4) is 5.13 Å². The molecule has 3 aromatic rings. The fourth-order valence-electron chi connectivity index (χ4n) is 2.97. The van der Waals surface area contributed by atoms with Crippen LogP contribution in [0.3, 0.4) is 0 Å². The third-order valence-corrected chi connectivity index (χ3v) is 6.75. The zero-order chi connectivity index (χ0) is 22.6. The number of ketones is 1. The van der Waals surface area contributed by atoms with Crippen LogP contribution in [0.5, 0.6) is 0 Å². The van der Waals surface area contributed by atoms with Crippen molar-refractivity contribution in [2.24, 2.45) is 0 Å². The number of carbonyl (C=O) groups is 2. The van der Waals surface area contributed by atoms with Crippen LogP contribution in [-0.2, 0) is 19.6 Å². The molecule has 0 radical (unpaired) electrons. The molecule has 0 bridgehead atoms. The normalized spacial score (nSPS) is 11.7. The van der Waals surface area contributed by atoms with Gasteiger partial charge in [0.1, 0.15) is 0 Å². The second kappa shape index (κ2) is 9.38. The van der Waals surface area contributed by atoms with Gasteiger partial charge in [-0.25, -0.2) is 22.9 Å². The van der Waals surface area contributed by atoms with E-state index < -0.39 is 16.0 Å². The van der Waals surface area contributed by atoms with Crippen molar-refractivity contribution in [2.75, 3.05) is 13.7 Å². The van der Waals surface area contributed by atoms with Crippen molar-refractivity contribution in [1.82, 2.24) is 14.3 Å². The van der Waals surface area contributed by atoms with Crippen LogP contribution in [0.2, 0.25) is 0 Å². The highest BCUT2D eigenvalue weighted by molar-refractivity contribution is 7.89. The number of benzene rings is 1. The Hall–Kier alpha value is -3.08. The van der Waals surface area contributed by atoms with Gasteiger partial charge in [-0.15, -0.1) is 11.3 Å². The molecule has 2 heterocycles. The maximum absolute atomic E-state index is 12.5. The lowest BCUT2D eigenvalue weighted by Crippen LogP contribution is -2.18. The molecular formula is C21H21N3O5S2. The van der Waals surface area contributed by atoms with Crippen molar-refractivity contribution < 1.29 is 22.7 Å². The van der Waals surface area contributed by atoms with E-state index in [0.29, 0.717) is 11.1 Å². The Balaban J connectivity index is 1.61. The molecule has 3 rings (SSSR count). The number of nitrogens with zero attached hydrogens (tertiary/aromatic N) is 2. The standard InChI is InChI=1S/C21H21N3O5S2/c1-14-12-18(15(2)24(14)21-23-10-11-30-21)19(25)13-29-20(26)9-6-16-4-7-17(8-5-16)31(27,28)22-3/h4-12,22H,13H2,1-3H3/b9-6+. The van der Waals surface area contributed by atoms with Crippen LogP contribution in [0.4, 0.5) is 0 Å². The maximum atomic E-state index is 12.5. The number of rotatable bonds is 8. The molecule has 0 amide bonds. The van der Waals surface area contributed by atoms with E-state index in [4.69, 9.17) is 4.74 Å². The van der Waals surface area contributed by atoms with Crippen molar-refractivity contribution in [2.45, 2.75) is 18.7 Å². The summed E-state index contributed by atoms with van der Waals surface area (Å²) in [5.74, 6) is -0.978. The minimum absolute atomic E-state index is 0.121. The van der Waals surface area contributed by atoms with Gasteiger partial charge in [-0.2, -0.15) is 0 Å². The van der Waals surface area contributed by atoms with Crippen LogP contribution in [0.15, 0.2) is 52.9 Å².